The fourth-order valence-electron chi connectivity index (χ4n) is 2.26. The van der Waals surface area contributed by atoms with E-state index in [1.165, 1.54) is 4.90 Å². The van der Waals surface area contributed by atoms with E-state index in [1.54, 1.807) is 0 Å². The SMILES string of the molecule is CCCNC1CCCN(C(CO)(CO)CO)C1=O. The Bertz CT molecular complexity index is 261. The molecule has 0 saturated carbocycles. The summed E-state index contributed by atoms with van der Waals surface area (Å²) >= 11 is 0. The molecule has 1 heterocycles. The predicted octanol–water partition coefficient (Wildman–Crippen LogP) is -1.31. The van der Waals surface area contributed by atoms with Gasteiger partial charge < -0.3 is 25.5 Å². The van der Waals surface area contributed by atoms with Crippen molar-refractivity contribution in [2.75, 3.05) is 32.9 Å². The van der Waals surface area contributed by atoms with Gasteiger partial charge in [0.2, 0.25) is 5.91 Å². The minimum atomic E-state index is -1.25. The third-order valence-corrected chi connectivity index (χ3v) is 3.53. The second kappa shape index (κ2) is 7.04. The zero-order valence-electron chi connectivity index (χ0n) is 10.9. The predicted molar refractivity (Wildman–Crippen MR) is 67.0 cm³/mol. The topological polar surface area (TPSA) is 93.0 Å². The van der Waals surface area contributed by atoms with E-state index in [2.05, 4.69) is 5.32 Å². The van der Waals surface area contributed by atoms with Gasteiger partial charge in [-0.15, -0.1) is 0 Å². The lowest BCUT2D eigenvalue weighted by Gasteiger charge is -2.44. The molecule has 0 aliphatic carbocycles. The molecule has 4 N–H and O–H groups in total. The van der Waals surface area contributed by atoms with E-state index < -0.39 is 25.4 Å². The van der Waals surface area contributed by atoms with Crippen molar-refractivity contribution >= 4 is 5.91 Å². The lowest BCUT2D eigenvalue weighted by Crippen LogP contribution is -2.65. The second-order valence-electron chi connectivity index (χ2n) is 4.84. The lowest BCUT2D eigenvalue weighted by molar-refractivity contribution is -0.151. The molecule has 1 unspecified atom stereocenters. The fourth-order valence-corrected chi connectivity index (χ4v) is 2.26. The largest absolute Gasteiger partial charge is 0.394 e. The number of aliphatic hydroxyl groups excluding tert-OH is 3. The smallest absolute Gasteiger partial charge is 0.240 e. The van der Waals surface area contributed by atoms with Crippen LogP contribution in [0.2, 0.25) is 0 Å². The first-order valence-corrected chi connectivity index (χ1v) is 6.52. The number of hydrogen-bond donors (Lipinski definition) is 4. The molecule has 1 aliphatic heterocycles. The van der Waals surface area contributed by atoms with Crippen LogP contribution in [0.3, 0.4) is 0 Å². The Hall–Kier alpha value is -0.690. The van der Waals surface area contributed by atoms with Crippen LogP contribution in [0, 0.1) is 0 Å². The standard InChI is InChI=1S/C12H24N2O4/c1-2-5-13-10-4-3-6-14(11(10)18)12(7-15,8-16)9-17/h10,13,15-17H,2-9H2,1H3. The number of likely N-dealkylation sites (tertiary alicyclic amines) is 1. The summed E-state index contributed by atoms with van der Waals surface area (Å²) in [4.78, 5) is 13.7. The molecule has 6 heteroatoms. The highest BCUT2D eigenvalue weighted by Gasteiger charge is 2.42. The Labute approximate surface area is 108 Å². The molecule has 1 atom stereocenters. The molecule has 0 bridgehead atoms. The minimum Gasteiger partial charge on any atom is -0.394 e. The van der Waals surface area contributed by atoms with Crippen LogP contribution in [0.5, 0.6) is 0 Å². The van der Waals surface area contributed by atoms with Crippen LogP contribution in [-0.2, 0) is 4.79 Å². The molecule has 106 valence electrons. The molecule has 0 radical (unpaired) electrons. The molecular formula is C12H24N2O4. The van der Waals surface area contributed by atoms with Gasteiger partial charge in [0.1, 0.15) is 5.54 Å². The summed E-state index contributed by atoms with van der Waals surface area (Å²) in [6, 6.07) is -0.275. The molecule has 1 aliphatic rings. The first kappa shape index (κ1) is 15.4. The average Bonchev–Trinajstić information content (AvgIpc) is 2.41. The first-order chi connectivity index (χ1) is 8.65. The molecule has 0 spiro atoms. The highest BCUT2D eigenvalue weighted by molar-refractivity contribution is 5.83. The van der Waals surface area contributed by atoms with Crippen LogP contribution in [0.15, 0.2) is 0 Å². The van der Waals surface area contributed by atoms with Gasteiger partial charge >= 0.3 is 0 Å². The zero-order chi connectivity index (χ0) is 13.6. The molecule has 0 aromatic heterocycles. The molecule has 6 nitrogen and oxygen atoms in total. The highest BCUT2D eigenvalue weighted by atomic mass is 16.3. The Morgan fingerprint density at radius 1 is 1.33 bits per heavy atom. The molecule has 0 aromatic carbocycles. The summed E-state index contributed by atoms with van der Waals surface area (Å²) in [5, 5.41) is 31.3. The molecule has 1 fully saturated rings. The van der Waals surface area contributed by atoms with E-state index in [0.717, 1.165) is 25.8 Å². The van der Waals surface area contributed by atoms with Crippen molar-refractivity contribution in [2.45, 2.75) is 37.8 Å². The van der Waals surface area contributed by atoms with Crippen molar-refractivity contribution in [1.82, 2.24) is 10.2 Å². The van der Waals surface area contributed by atoms with Crippen molar-refractivity contribution in [3.63, 3.8) is 0 Å². The van der Waals surface area contributed by atoms with Crippen LogP contribution >= 0.6 is 0 Å². The van der Waals surface area contributed by atoms with Crippen molar-refractivity contribution < 1.29 is 20.1 Å². The van der Waals surface area contributed by atoms with Gasteiger partial charge in [0.05, 0.1) is 25.9 Å². The maximum atomic E-state index is 12.3. The van der Waals surface area contributed by atoms with Crippen LogP contribution in [-0.4, -0.2) is 70.6 Å². The van der Waals surface area contributed by atoms with E-state index in [1.807, 2.05) is 6.92 Å². The Kier molecular flexibility index (Phi) is 6.01. The molecule has 18 heavy (non-hydrogen) atoms. The summed E-state index contributed by atoms with van der Waals surface area (Å²) in [6.45, 7) is 1.93. The lowest BCUT2D eigenvalue weighted by atomic mass is 9.94. The molecule has 1 amide bonds. The molecule has 1 rings (SSSR count). The third kappa shape index (κ3) is 3.00. The summed E-state index contributed by atoms with van der Waals surface area (Å²) in [5.41, 5.74) is -1.25. The monoisotopic (exact) mass is 260 g/mol. The average molecular weight is 260 g/mol. The summed E-state index contributed by atoms with van der Waals surface area (Å²) in [7, 11) is 0. The quantitative estimate of drug-likeness (QED) is 0.456. The summed E-state index contributed by atoms with van der Waals surface area (Å²) in [6.07, 6.45) is 2.50. The van der Waals surface area contributed by atoms with Crippen molar-refractivity contribution in [2.24, 2.45) is 0 Å². The highest BCUT2D eigenvalue weighted by Crippen LogP contribution is 2.22. The van der Waals surface area contributed by atoms with Gasteiger partial charge in [0.15, 0.2) is 0 Å². The van der Waals surface area contributed by atoms with E-state index in [4.69, 9.17) is 0 Å². The third-order valence-electron chi connectivity index (χ3n) is 3.53. The van der Waals surface area contributed by atoms with Crippen LogP contribution in [0.1, 0.15) is 26.2 Å². The van der Waals surface area contributed by atoms with Crippen molar-refractivity contribution in [1.29, 1.82) is 0 Å². The van der Waals surface area contributed by atoms with Gasteiger partial charge in [-0.1, -0.05) is 6.92 Å². The number of hydrogen-bond acceptors (Lipinski definition) is 5. The normalized spacial score (nSPS) is 21.4. The van der Waals surface area contributed by atoms with Gasteiger partial charge in [-0.25, -0.2) is 0 Å². The maximum absolute atomic E-state index is 12.3. The maximum Gasteiger partial charge on any atom is 0.240 e. The van der Waals surface area contributed by atoms with Crippen LogP contribution in [0.4, 0.5) is 0 Å². The number of carbonyl (C=O) groups is 1. The van der Waals surface area contributed by atoms with Gasteiger partial charge in [0, 0.05) is 6.54 Å². The van der Waals surface area contributed by atoms with Crippen LogP contribution in [0.25, 0.3) is 0 Å². The number of aliphatic hydroxyl groups is 3. The second-order valence-corrected chi connectivity index (χ2v) is 4.84. The number of amides is 1. The molecule has 0 aromatic rings. The van der Waals surface area contributed by atoms with E-state index >= 15 is 0 Å². The van der Waals surface area contributed by atoms with Gasteiger partial charge in [-0.3, -0.25) is 4.79 Å². The summed E-state index contributed by atoms with van der Waals surface area (Å²) < 4.78 is 0. The number of carbonyl (C=O) groups excluding carboxylic acids is 1. The Morgan fingerprint density at radius 2 is 1.94 bits per heavy atom. The number of nitrogens with one attached hydrogen (secondary N) is 1. The van der Waals surface area contributed by atoms with Crippen LogP contribution < -0.4 is 5.32 Å². The summed E-state index contributed by atoms with van der Waals surface area (Å²) in [5.74, 6) is -0.146. The minimum absolute atomic E-state index is 0.146. The van der Waals surface area contributed by atoms with Gasteiger partial charge in [-0.2, -0.15) is 0 Å². The number of nitrogens with zero attached hydrogens (tertiary/aromatic N) is 1. The van der Waals surface area contributed by atoms with Gasteiger partial charge in [0.25, 0.3) is 0 Å². The van der Waals surface area contributed by atoms with E-state index in [0.29, 0.717) is 6.54 Å². The Balaban J connectivity index is 2.78. The van der Waals surface area contributed by atoms with Crippen molar-refractivity contribution in [3.05, 3.63) is 0 Å². The zero-order valence-corrected chi connectivity index (χ0v) is 10.9. The number of piperidine rings is 1. The van der Waals surface area contributed by atoms with E-state index in [-0.39, 0.29) is 11.9 Å². The number of rotatable bonds is 7. The first-order valence-electron chi connectivity index (χ1n) is 6.52. The van der Waals surface area contributed by atoms with Gasteiger partial charge in [-0.05, 0) is 25.8 Å². The van der Waals surface area contributed by atoms with E-state index in [9.17, 15) is 20.1 Å². The van der Waals surface area contributed by atoms with Crippen molar-refractivity contribution in [3.8, 4) is 0 Å². The molecular weight excluding hydrogens is 236 g/mol. The Morgan fingerprint density at radius 3 is 2.44 bits per heavy atom. The molecule has 1 saturated heterocycles. The fraction of sp³-hybridized carbons (Fsp3) is 0.917.